The summed E-state index contributed by atoms with van der Waals surface area (Å²) in [6, 6.07) is 0. The van der Waals surface area contributed by atoms with Crippen LogP contribution in [0.1, 0.15) is 117 Å². The van der Waals surface area contributed by atoms with Crippen molar-refractivity contribution in [2.24, 2.45) is 0 Å². The van der Waals surface area contributed by atoms with Gasteiger partial charge < -0.3 is 9.47 Å². The summed E-state index contributed by atoms with van der Waals surface area (Å²) in [5, 5.41) is 0. The highest BCUT2D eigenvalue weighted by Crippen LogP contribution is 2.10. The Morgan fingerprint density at radius 2 is 0.821 bits per heavy atom. The third-order valence-corrected chi connectivity index (χ3v) is 4.76. The lowest BCUT2D eigenvalue weighted by Gasteiger charge is -2.06. The summed E-state index contributed by atoms with van der Waals surface area (Å²) in [5.74, 6) is -1.08. The Bertz CT molecular complexity index is 370. The van der Waals surface area contributed by atoms with Gasteiger partial charge in [-0.05, 0) is 12.8 Å². The van der Waals surface area contributed by atoms with Gasteiger partial charge in [0, 0.05) is 12.8 Å². The van der Waals surface area contributed by atoms with E-state index in [0.717, 1.165) is 38.5 Å². The molecule has 0 atom stereocenters. The highest BCUT2D eigenvalue weighted by atomic mass is 16.6. The van der Waals surface area contributed by atoms with Crippen LogP contribution < -0.4 is 0 Å². The lowest BCUT2D eigenvalue weighted by atomic mass is 10.1. The van der Waals surface area contributed by atoms with Crippen LogP contribution in [-0.2, 0) is 23.9 Å². The van der Waals surface area contributed by atoms with E-state index in [-0.39, 0.29) is 30.9 Å². The van der Waals surface area contributed by atoms with Gasteiger partial charge >= 0.3 is 11.9 Å². The lowest BCUT2D eigenvalue weighted by Crippen LogP contribution is -2.20. The van der Waals surface area contributed by atoms with E-state index in [2.05, 4.69) is 13.8 Å². The molecule has 0 aliphatic heterocycles. The number of esters is 2. The van der Waals surface area contributed by atoms with Crippen molar-refractivity contribution in [2.75, 3.05) is 13.2 Å². The maximum atomic E-state index is 11.7. The average molecular weight is 399 g/mol. The van der Waals surface area contributed by atoms with Gasteiger partial charge in [0.2, 0.25) is 5.78 Å². The third kappa shape index (κ3) is 19.4. The van der Waals surface area contributed by atoms with E-state index >= 15 is 0 Å². The first-order valence-electron chi connectivity index (χ1n) is 11.4. The van der Waals surface area contributed by atoms with Gasteiger partial charge in [0.25, 0.3) is 0 Å². The zero-order valence-corrected chi connectivity index (χ0v) is 18.3. The molecule has 0 spiro atoms. The second-order valence-corrected chi connectivity index (χ2v) is 7.60. The quantitative estimate of drug-likeness (QED) is 0.188. The molecule has 0 radical (unpaired) electrons. The van der Waals surface area contributed by atoms with Crippen molar-refractivity contribution in [2.45, 2.75) is 117 Å². The number of Topliss-reactive ketones (excluding diaryl/α,β-unsaturated/α-hetero) is 1. The maximum absolute atomic E-state index is 11.7. The second kappa shape index (κ2) is 20.3. The fourth-order valence-electron chi connectivity index (χ4n) is 2.96. The third-order valence-electron chi connectivity index (χ3n) is 4.76. The molecular weight excluding hydrogens is 356 g/mol. The van der Waals surface area contributed by atoms with Crippen molar-refractivity contribution in [1.29, 1.82) is 0 Å². The van der Waals surface area contributed by atoms with Gasteiger partial charge in [-0.25, -0.2) is 0 Å². The van der Waals surface area contributed by atoms with Crippen LogP contribution in [0.15, 0.2) is 0 Å². The summed E-state index contributed by atoms with van der Waals surface area (Å²) < 4.78 is 9.89. The summed E-state index contributed by atoms with van der Waals surface area (Å²) in [7, 11) is 0. The van der Waals surface area contributed by atoms with E-state index in [4.69, 9.17) is 9.47 Å². The monoisotopic (exact) mass is 398 g/mol. The van der Waals surface area contributed by atoms with E-state index in [1.807, 2.05) is 0 Å². The van der Waals surface area contributed by atoms with Crippen LogP contribution in [0.3, 0.4) is 0 Å². The van der Waals surface area contributed by atoms with E-state index in [0.29, 0.717) is 12.8 Å². The fraction of sp³-hybridized carbons (Fsp3) is 0.870. The number of hydrogen-bond donors (Lipinski definition) is 0. The van der Waals surface area contributed by atoms with Gasteiger partial charge in [0.1, 0.15) is 0 Å². The number of ether oxygens (including phenoxy) is 2. The SMILES string of the molecule is CCCCCCCCCC(=O)OCC(=O)COC(=O)CCCCCCCCC. The van der Waals surface area contributed by atoms with Gasteiger partial charge in [-0.3, -0.25) is 14.4 Å². The molecule has 0 aromatic heterocycles. The zero-order valence-electron chi connectivity index (χ0n) is 18.3. The first kappa shape index (κ1) is 26.6. The van der Waals surface area contributed by atoms with Crippen molar-refractivity contribution in [3.8, 4) is 0 Å². The van der Waals surface area contributed by atoms with E-state index < -0.39 is 0 Å². The summed E-state index contributed by atoms with van der Waals surface area (Å²) in [6.07, 6.45) is 16.5. The Hall–Kier alpha value is -1.39. The number of hydrogen-bond acceptors (Lipinski definition) is 5. The molecule has 0 heterocycles. The average Bonchev–Trinajstić information content (AvgIpc) is 2.69. The van der Waals surface area contributed by atoms with Crippen molar-refractivity contribution in [1.82, 2.24) is 0 Å². The summed E-state index contributed by atoms with van der Waals surface area (Å²) in [5.41, 5.74) is 0. The Morgan fingerprint density at radius 1 is 0.500 bits per heavy atom. The number of unbranched alkanes of at least 4 members (excludes halogenated alkanes) is 12. The molecule has 0 N–H and O–H groups in total. The molecule has 5 heteroatoms. The highest BCUT2D eigenvalue weighted by molar-refractivity contribution is 5.85. The van der Waals surface area contributed by atoms with E-state index in [1.54, 1.807) is 0 Å². The van der Waals surface area contributed by atoms with E-state index in [1.165, 1.54) is 51.4 Å². The van der Waals surface area contributed by atoms with Crippen LogP contribution in [0.5, 0.6) is 0 Å². The first-order chi connectivity index (χ1) is 13.6. The van der Waals surface area contributed by atoms with Gasteiger partial charge in [-0.2, -0.15) is 0 Å². The van der Waals surface area contributed by atoms with Crippen molar-refractivity contribution in [3.05, 3.63) is 0 Å². The molecule has 0 aromatic rings. The molecule has 0 aliphatic carbocycles. The summed E-state index contributed by atoms with van der Waals surface area (Å²) in [4.78, 5) is 34.9. The minimum Gasteiger partial charge on any atom is -0.458 e. The van der Waals surface area contributed by atoms with Crippen LogP contribution in [-0.4, -0.2) is 30.9 Å². The number of carbonyl (C=O) groups excluding carboxylic acids is 3. The van der Waals surface area contributed by atoms with Crippen LogP contribution in [0, 0.1) is 0 Å². The number of ketones is 1. The molecule has 0 aliphatic rings. The van der Waals surface area contributed by atoms with Crippen LogP contribution in [0.4, 0.5) is 0 Å². The van der Waals surface area contributed by atoms with Crippen molar-refractivity contribution >= 4 is 17.7 Å². The molecule has 0 rings (SSSR count). The maximum Gasteiger partial charge on any atom is 0.306 e. The van der Waals surface area contributed by atoms with Crippen LogP contribution in [0.2, 0.25) is 0 Å². The van der Waals surface area contributed by atoms with E-state index in [9.17, 15) is 14.4 Å². The molecule has 0 aromatic carbocycles. The standard InChI is InChI=1S/C23H42O5/c1-3-5-7-9-11-13-15-17-22(25)27-19-21(24)20-28-23(26)18-16-14-12-10-8-6-4-2/h3-20H2,1-2H3. The van der Waals surface area contributed by atoms with Gasteiger partial charge in [0.15, 0.2) is 13.2 Å². The minimum absolute atomic E-state index is 0.306. The largest absolute Gasteiger partial charge is 0.458 e. The molecule has 164 valence electrons. The Morgan fingerprint density at radius 3 is 1.18 bits per heavy atom. The number of carbonyl (C=O) groups is 3. The Labute approximate surface area is 171 Å². The van der Waals surface area contributed by atoms with Crippen molar-refractivity contribution in [3.63, 3.8) is 0 Å². The van der Waals surface area contributed by atoms with Gasteiger partial charge in [0.05, 0.1) is 0 Å². The van der Waals surface area contributed by atoms with Crippen LogP contribution >= 0.6 is 0 Å². The van der Waals surface area contributed by atoms with Gasteiger partial charge in [-0.15, -0.1) is 0 Å². The first-order valence-corrected chi connectivity index (χ1v) is 11.4. The summed E-state index contributed by atoms with van der Waals surface area (Å²) in [6.45, 7) is 3.77. The molecule has 0 amide bonds. The topological polar surface area (TPSA) is 69.7 Å². The fourth-order valence-corrected chi connectivity index (χ4v) is 2.96. The molecule has 0 bridgehead atoms. The highest BCUT2D eigenvalue weighted by Gasteiger charge is 2.10. The second-order valence-electron chi connectivity index (χ2n) is 7.60. The minimum atomic E-state index is -0.374. The smallest absolute Gasteiger partial charge is 0.306 e. The zero-order chi connectivity index (χ0) is 20.9. The lowest BCUT2D eigenvalue weighted by molar-refractivity contribution is -0.153. The molecule has 0 saturated heterocycles. The predicted octanol–water partition coefficient (Wildman–Crippen LogP) is 5.92. The molecule has 28 heavy (non-hydrogen) atoms. The van der Waals surface area contributed by atoms with Crippen molar-refractivity contribution < 1.29 is 23.9 Å². The molecular formula is C23H42O5. The Balaban J connectivity index is 3.49. The normalized spacial score (nSPS) is 10.6. The molecule has 0 unspecified atom stereocenters. The van der Waals surface area contributed by atoms with Crippen LogP contribution in [0.25, 0.3) is 0 Å². The Kier molecular flexibility index (Phi) is 19.3. The molecule has 0 fully saturated rings. The van der Waals surface area contributed by atoms with Gasteiger partial charge in [-0.1, -0.05) is 90.9 Å². The summed E-state index contributed by atoms with van der Waals surface area (Å²) >= 11 is 0. The molecule has 0 saturated carbocycles. The molecule has 5 nitrogen and oxygen atoms in total. The predicted molar refractivity (Wildman–Crippen MR) is 112 cm³/mol. The number of rotatable bonds is 20.